The van der Waals surface area contributed by atoms with Crippen LogP contribution < -0.4 is 0 Å². The van der Waals surface area contributed by atoms with Gasteiger partial charge in [0, 0.05) is 18.2 Å². The summed E-state index contributed by atoms with van der Waals surface area (Å²) >= 11 is 0. The van der Waals surface area contributed by atoms with Crippen LogP contribution in [0.15, 0.2) is 54.6 Å². The highest BCUT2D eigenvalue weighted by molar-refractivity contribution is 6.20. The molecular weight excluding hydrogens is 429 g/mol. The van der Waals surface area contributed by atoms with Crippen molar-refractivity contribution in [1.29, 1.82) is 0 Å². The molecule has 0 fully saturated rings. The molecule has 0 aliphatic rings. The van der Waals surface area contributed by atoms with E-state index in [0.717, 1.165) is 0 Å². The summed E-state index contributed by atoms with van der Waals surface area (Å²) in [4.78, 5) is 27.9. The van der Waals surface area contributed by atoms with E-state index in [4.69, 9.17) is 0 Å². The molecule has 0 aliphatic carbocycles. The SMILES string of the molecule is Fc1ccc2nc3c4nc5cc(F)ccc5nc4c4nc5cc(F)ccc5nc4c3nc2c1. The molecule has 0 radical (unpaired) electrons. The third kappa shape index (κ3) is 2.62. The zero-order chi connectivity index (χ0) is 22.3. The number of rotatable bonds is 0. The molecule has 7 aromatic rings. The Hall–Kier alpha value is -4.53. The Bertz CT molecular complexity index is 1720. The van der Waals surface area contributed by atoms with Crippen molar-refractivity contribution >= 4 is 66.2 Å². The lowest BCUT2D eigenvalue weighted by Crippen LogP contribution is -1.99. The van der Waals surface area contributed by atoms with Gasteiger partial charge in [0.1, 0.15) is 50.6 Å². The lowest BCUT2D eigenvalue weighted by atomic mass is 10.1. The predicted octanol–water partition coefficient (Wildman–Crippen LogP) is 5.39. The third-order valence-corrected chi connectivity index (χ3v) is 5.55. The van der Waals surface area contributed by atoms with Crippen LogP contribution in [0, 0.1) is 17.5 Å². The van der Waals surface area contributed by atoms with Crippen molar-refractivity contribution in [2.24, 2.45) is 0 Å². The van der Waals surface area contributed by atoms with Crippen molar-refractivity contribution in [2.45, 2.75) is 0 Å². The molecule has 0 saturated carbocycles. The molecule has 7 rings (SSSR count). The smallest absolute Gasteiger partial charge is 0.125 e. The molecule has 156 valence electrons. The van der Waals surface area contributed by atoms with Crippen LogP contribution in [-0.2, 0) is 0 Å². The summed E-state index contributed by atoms with van der Waals surface area (Å²) in [5.74, 6) is -1.35. The van der Waals surface area contributed by atoms with Crippen LogP contribution in [0.1, 0.15) is 0 Å². The van der Waals surface area contributed by atoms with Gasteiger partial charge in [-0.3, -0.25) is 0 Å². The number of fused-ring (bicyclic) bond motifs is 9. The maximum absolute atomic E-state index is 13.9. The van der Waals surface area contributed by atoms with E-state index in [0.29, 0.717) is 66.2 Å². The van der Waals surface area contributed by atoms with Gasteiger partial charge < -0.3 is 0 Å². The second-order valence-corrected chi connectivity index (χ2v) is 7.66. The summed E-state index contributed by atoms with van der Waals surface area (Å²) in [7, 11) is 0. The molecule has 0 N–H and O–H groups in total. The van der Waals surface area contributed by atoms with Crippen LogP contribution in [-0.4, -0.2) is 29.9 Å². The monoisotopic (exact) mass is 438 g/mol. The first kappa shape index (κ1) is 18.1. The molecule has 0 saturated heterocycles. The van der Waals surface area contributed by atoms with Crippen LogP contribution in [0.2, 0.25) is 0 Å². The van der Waals surface area contributed by atoms with Crippen LogP contribution in [0.3, 0.4) is 0 Å². The first-order chi connectivity index (χ1) is 16.0. The average Bonchev–Trinajstić information content (AvgIpc) is 2.81. The summed E-state index contributed by atoms with van der Waals surface area (Å²) in [5, 5.41) is 0. The fourth-order valence-corrected chi connectivity index (χ4v) is 4.07. The van der Waals surface area contributed by atoms with E-state index in [1.807, 2.05) is 0 Å². The van der Waals surface area contributed by atoms with Crippen molar-refractivity contribution in [2.75, 3.05) is 0 Å². The number of hydrogen-bond acceptors (Lipinski definition) is 6. The topological polar surface area (TPSA) is 77.3 Å². The third-order valence-electron chi connectivity index (χ3n) is 5.55. The Balaban J connectivity index is 1.78. The maximum Gasteiger partial charge on any atom is 0.125 e. The van der Waals surface area contributed by atoms with Gasteiger partial charge in [0.15, 0.2) is 0 Å². The van der Waals surface area contributed by atoms with Crippen LogP contribution in [0.5, 0.6) is 0 Å². The molecule has 0 spiro atoms. The number of nitrogens with zero attached hydrogens (tertiary/aromatic N) is 6. The molecule has 0 aliphatic heterocycles. The van der Waals surface area contributed by atoms with Crippen molar-refractivity contribution in [1.82, 2.24) is 29.9 Å². The first-order valence-corrected chi connectivity index (χ1v) is 9.96. The Morgan fingerprint density at radius 3 is 0.848 bits per heavy atom. The highest BCUT2D eigenvalue weighted by Gasteiger charge is 2.19. The van der Waals surface area contributed by atoms with Crippen LogP contribution in [0.25, 0.3) is 66.2 Å². The molecule has 0 unspecified atom stereocenters. The lowest BCUT2D eigenvalue weighted by molar-refractivity contribution is 0.629. The number of halogens is 3. The van der Waals surface area contributed by atoms with E-state index in [1.165, 1.54) is 54.6 Å². The van der Waals surface area contributed by atoms with Crippen LogP contribution in [0.4, 0.5) is 13.2 Å². The largest absolute Gasteiger partial charge is 0.242 e. The highest BCUT2D eigenvalue weighted by Crippen LogP contribution is 2.33. The summed E-state index contributed by atoms with van der Waals surface area (Å²) in [5.41, 5.74) is 4.57. The molecule has 4 aromatic carbocycles. The summed E-state index contributed by atoms with van der Waals surface area (Å²) in [6, 6.07) is 12.3. The van der Waals surface area contributed by atoms with Gasteiger partial charge in [0.25, 0.3) is 0 Å². The van der Waals surface area contributed by atoms with Gasteiger partial charge in [-0.2, -0.15) is 0 Å². The maximum atomic E-state index is 13.9. The second-order valence-electron chi connectivity index (χ2n) is 7.66. The molecule has 0 atom stereocenters. The van der Waals surface area contributed by atoms with E-state index in [1.54, 1.807) is 0 Å². The molecule has 3 aromatic heterocycles. The molecule has 0 bridgehead atoms. The van der Waals surface area contributed by atoms with E-state index < -0.39 is 17.5 Å². The van der Waals surface area contributed by atoms with Gasteiger partial charge in [-0.1, -0.05) is 0 Å². The highest BCUT2D eigenvalue weighted by atomic mass is 19.1. The minimum atomic E-state index is -0.450. The van der Waals surface area contributed by atoms with Gasteiger partial charge in [-0.05, 0) is 36.4 Å². The van der Waals surface area contributed by atoms with Crippen molar-refractivity contribution < 1.29 is 13.2 Å². The predicted molar refractivity (Wildman–Crippen MR) is 118 cm³/mol. The summed E-state index contributed by atoms with van der Waals surface area (Å²) in [6.07, 6.45) is 0. The quantitative estimate of drug-likeness (QED) is 0.233. The fraction of sp³-hybridized carbons (Fsp3) is 0. The second kappa shape index (κ2) is 6.26. The fourth-order valence-electron chi connectivity index (χ4n) is 4.07. The van der Waals surface area contributed by atoms with Gasteiger partial charge >= 0.3 is 0 Å². The minimum Gasteiger partial charge on any atom is -0.242 e. The standard InChI is InChI=1S/C24H9F3N6/c25-10-1-4-13-16(7-10)31-22-19(28-13)23-21(30-14-5-2-11(26)8-17(14)32-23)24-20(22)29-15-6-3-12(27)9-18(15)33-24/h1-9H. The minimum absolute atomic E-state index is 0.337. The number of benzene rings is 4. The molecule has 33 heavy (non-hydrogen) atoms. The molecule has 3 heterocycles. The Kier molecular flexibility index (Phi) is 3.43. The Labute approximate surface area is 181 Å². The summed E-state index contributed by atoms with van der Waals surface area (Å²) < 4.78 is 41.6. The molecule has 6 nitrogen and oxygen atoms in total. The zero-order valence-electron chi connectivity index (χ0n) is 16.5. The van der Waals surface area contributed by atoms with Gasteiger partial charge in [0.05, 0.1) is 33.1 Å². The van der Waals surface area contributed by atoms with Crippen molar-refractivity contribution in [3.8, 4) is 0 Å². The zero-order valence-corrected chi connectivity index (χ0v) is 16.5. The number of aromatic nitrogens is 6. The van der Waals surface area contributed by atoms with E-state index >= 15 is 0 Å². The van der Waals surface area contributed by atoms with Gasteiger partial charge in [-0.15, -0.1) is 0 Å². The molecular formula is C24H9F3N6. The Morgan fingerprint density at radius 2 is 0.576 bits per heavy atom. The first-order valence-electron chi connectivity index (χ1n) is 9.96. The van der Waals surface area contributed by atoms with Gasteiger partial charge in [-0.25, -0.2) is 43.1 Å². The normalized spacial score (nSPS) is 12.1. The van der Waals surface area contributed by atoms with E-state index in [2.05, 4.69) is 29.9 Å². The summed E-state index contributed by atoms with van der Waals surface area (Å²) in [6.45, 7) is 0. The Morgan fingerprint density at radius 1 is 0.333 bits per heavy atom. The van der Waals surface area contributed by atoms with Crippen LogP contribution >= 0.6 is 0 Å². The molecule has 0 amide bonds. The van der Waals surface area contributed by atoms with Crippen molar-refractivity contribution in [3.63, 3.8) is 0 Å². The van der Waals surface area contributed by atoms with E-state index in [-0.39, 0.29) is 0 Å². The molecule has 9 heteroatoms. The van der Waals surface area contributed by atoms with E-state index in [9.17, 15) is 13.2 Å². The van der Waals surface area contributed by atoms with Gasteiger partial charge in [0.2, 0.25) is 0 Å². The van der Waals surface area contributed by atoms with Crippen molar-refractivity contribution in [3.05, 3.63) is 72.0 Å². The lowest BCUT2D eigenvalue weighted by Gasteiger charge is -2.10. The average molecular weight is 438 g/mol. The number of hydrogen-bond donors (Lipinski definition) is 0.